The van der Waals surface area contributed by atoms with Crippen LogP contribution >= 0.6 is 0 Å². The predicted molar refractivity (Wildman–Crippen MR) is 72.0 cm³/mol. The standard InChI is InChI=1S/C16H21NO/c1-2-12-9-13-3-6-16(18,15(10-12)11-13)14-4-7-17-8-5-14/h4-5,7-9,13,15,18H,2-3,6,10-11H2,1H3. The van der Waals surface area contributed by atoms with Crippen molar-refractivity contribution in [3.63, 3.8) is 0 Å². The Morgan fingerprint density at radius 3 is 2.89 bits per heavy atom. The fourth-order valence-corrected chi connectivity index (χ4v) is 3.69. The van der Waals surface area contributed by atoms with Gasteiger partial charge in [0.2, 0.25) is 0 Å². The van der Waals surface area contributed by atoms with E-state index in [1.807, 2.05) is 12.1 Å². The molecule has 2 bridgehead atoms. The minimum absolute atomic E-state index is 0.388. The quantitative estimate of drug-likeness (QED) is 0.807. The van der Waals surface area contributed by atoms with Crippen molar-refractivity contribution in [2.45, 2.75) is 44.6 Å². The molecule has 2 aliphatic rings. The second-order valence-electron chi connectivity index (χ2n) is 5.77. The Balaban J connectivity index is 1.93. The molecule has 1 saturated carbocycles. The van der Waals surface area contributed by atoms with Gasteiger partial charge in [-0.25, -0.2) is 0 Å². The lowest BCUT2D eigenvalue weighted by Gasteiger charge is -2.46. The van der Waals surface area contributed by atoms with Crippen LogP contribution in [0.4, 0.5) is 0 Å². The highest BCUT2D eigenvalue weighted by Gasteiger charge is 2.44. The second-order valence-corrected chi connectivity index (χ2v) is 5.77. The first kappa shape index (κ1) is 11.9. The summed E-state index contributed by atoms with van der Waals surface area (Å²) in [5.74, 6) is 1.08. The van der Waals surface area contributed by atoms with Crippen molar-refractivity contribution >= 4 is 0 Å². The van der Waals surface area contributed by atoms with Crippen LogP contribution in [-0.2, 0) is 5.60 Å². The van der Waals surface area contributed by atoms with Gasteiger partial charge < -0.3 is 5.11 Å². The van der Waals surface area contributed by atoms with E-state index in [0.29, 0.717) is 11.8 Å². The van der Waals surface area contributed by atoms with Crippen LogP contribution in [0.1, 0.15) is 44.6 Å². The molecule has 18 heavy (non-hydrogen) atoms. The van der Waals surface area contributed by atoms with Crippen LogP contribution in [0, 0.1) is 11.8 Å². The number of hydrogen-bond acceptors (Lipinski definition) is 2. The van der Waals surface area contributed by atoms with E-state index in [0.717, 1.165) is 37.7 Å². The molecule has 1 fully saturated rings. The van der Waals surface area contributed by atoms with Gasteiger partial charge in [0.25, 0.3) is 0 Å². The zero-order valence-corrected chi connectivity index (χ0v) is 11.0. The first-order valence-electron chi connectivity index (χ1n) is 7.05. The Labute approximate surface area is 109 Å². The second kappa shape index (κ2) is 4.51. The SMILES string of the molecule is CCC1=CC2CCC(O)(c3ccncc3)C(C1)C2. The van der Waals surface area contributed by atoms with Crippen LogP contribution in [0.15, 0.2) is 36.2 Å². The molecule has 1 aromatic rings. The molecule has 3 unspecified atom stereocenters. The van der Waals surface area contributed by atoms with Crippen LogP contribution in [0.2, 0.25) is 0 Å². The highest BCUT2D eigenvalue weighted by atomic mass is 16.3. The summed E-state index contributed by atoms with van der Waals surface area (Å²) in [7, 11) is 0. The molecular weight excluding hydrogens is 222 g/mol. The van der Waals surface area contributed by atoms with Crippen LogP contribution < -0.4 is 0 Å². The maximum atomic E-state index is 11.1. The van der Waals surface area contributed by atoms with Crippen molar-refractivity contribution in [2.24, 2.45) is 11.8 Å². The summed E-state index contributed by atoms with van der Waals surface area (Å²) in [6.07, 6.45) is 11.4. The highest BCUT2D eigenvalue weighted by Crippen LogP contribution is 2.49. The molecule has 0 saturated heterocycles. The van der Waals surface area contributed by atoms with E-state index < -0.39 is 5.60 Å². The molecule has 2 aliphatic carbocycles. The average molecular weight is 243 g/mol. The largest absolute Gasteiger partial charge is 0.385 e. The Kier molecular flexibility index (Phi) is 2.98. The van der Waals surface area contributed by atoms with Crippen LogP contribution in [0.5, 0.6) is 0 Å². The predicted octanol–water partition coefficient (Wildman–Crippen LogP) is 3.43. The molecule has 1 N–H and O–H groups in total. The van der Waals surface area contributed by atoms with E-state index in [1.54, 1.807) is 12.4 Å². The molecule has 0 spiro atoms. The lowest BCUT2D eigenvalue weighted by atomic mass is 9.63. The smallest absolute Gasteiger partial charge is 0.0929 e. The first-order chi connectivity index (χ1) is 8.72. The fraction of sp³-hybridized carbons (Fsp3) is 0.562. The number of fused-ring (bicyclic) bond motifs is 2. The lowest BCUT2D eigenvalue weighted by molar-refractivity contribution is -0.0668. The molecule has 1 heterocycles. The number of rotatable bonds is 2. The summed E-state index contributed by atoms with van der Waals surface area (Å²) in [6.45, 7) is 2.22. The molecule has 3 atom stereocenters. The van der Waals surface area contributed by atoms with Gasteiger partial charge in [0, 0.05) is 12.4 Å². The molecule has 3 rings (SSSR count). The van der Waals surface area contributed by atoms with Gasteiger partial charge in [0.15, 0.2) is 0 Å². The molecule has 0 aromatic carbocycles. The van der Waals surface area contributed by atoms with E-state index in [4.69, 9.17) is 0 Å². The van der Waals surface area contributed by atoms with Gasteiger partial charge in [-0.2, -0.15) is 0 Å². The van der Waals surface area contributed by atoms with Gasteiger partial charge in [0.05, 0.1) is 5.60 Å². The monoisotopic (exact) mass is 243 g/mol. The zero-order chi connectivity index (χ0) is 12.6. The molecule has 2 nitrogen and oxygen atoms in total. The third-order valence-electron chi connectivity index (χ3n) is 4.77. The maximum Gasteiger partial charge on any atom is 0.0929 e. The van der Waals surface area contributed by atoms with E-state index in [2.05, 4.69) is 18.0 Å². The van der Waals surface area contributed by atoms with Crippen LogP contribution in [0.3, 0.4) is 0 Å². The van der Waals surface area contributed by atoms with Gasteiger partial charge >= 0.3 is 0 Å². The van der Waals surface area contributed by atoms with Crippen LogP contribution in [-0.4, -0.2) is 10.1 Å². The number of nitrogens with zero attached hydrogens (tertiary/aromatic N) is 1. The average Bonchev–Trinajstić information content (AvgIpc) is 2.44. The molecule has 0 amide bonds. The van der Waals surface area contributed by atoms with Crippen molar-refractivity contribution < 1.29 is 5.11 Å². The number of hydrogen-bond donors (Lipinski definition) is 1. The third-order valence-corrected chi connectivity index (χ3v) is 4.77. The summed E-state index contributed by atoms with van der Waals surface area (Å²) >= 11 is 0. The Morgan fingerprint density at radius 2 is 2.17 bits per heavy atom. The summed E-state index contributed by atoms with van der Waals surface area (Å²) in [6, 6.07) is 3.95. The van der Waals surface area contributed by atoms with E-state index in [-0.39, 0.29) is 0 Å². The Hall–Kier alpha value is -1.15. The third kappa shape index (κ3) is 1.89. The fourth-order valence-electron chi connectivity index (χ4n) is 3.69. The van der Waals surface area contributed by atoms with E-state index >= 15 is 0 Å². The summed E-state index contributed by atoms with van der Waals surface area (Å²) in [4.78, 5) is 4.06. The van der Waals surface area contributed by atoms with Crippen LogP contribution in [0.25, 0.3) is 0 Å². The van der Waals surface area contributed by atoms with Crippen molar-refractivity contribution in [1.29, 1.82) is 0 Å². The number of allylic oxidation sites excluding steroid dienone is 2. The van der Waals surface area contributed by atoms with Gasteiger partial charge in [-0.1, -0.05) is 18.6 Å². The molecule has 0 aliphatic heterocycles. The topological polar surface area (TPSA) is 33.1 Å². The number of pyridine rings is 1. The lowest BCUT2D eigenvalue weighted by Crippen LogP contribution is -2.42. The summed E-state index contributed by atoms with van der Waals surface area (Å²) in [5, 5.41) is 11.1. The summed E-state index contributed by atoms with van der Waals surface area (Å²) in [5.41, 5.74) is 1.95. The number of aromatic nitrogens is 1. The van der Waals surface area contributed by atoms with Gasteiger partial charge in [0.1, 0.15) is 0 Å². The first-order valence-corrected chi connectivity index (χ1v) is 7.05. The normalized spacial score (nSPS) is 35.1. The van der Waals surface area contributed by atoms with Gasteiger partial charge in [-0.3, -0.25) is 4.98 Å². The minimum Gasteiger partial charge on any atom is -0.385 e. The van der Waals surface area contributed by atoms with Gasteiger partial charge in [-0.15, -0.1) is 0 Å². The molecule has 1 aromatic heterocycles. The van der Waals surface area contributed by atoms with Crippen molar-refractivity contribution in [3.8, 4) is 0 Å². The van der Waals surface area contributed by atoms with E-state index in [9.17, 15) is 5.11 Å². The van der Waals surface area contributed by atoms with Crippen molar-refractivity contribution in [1.82, 2.24) is 4.98 Å². The zero-order valence-electron chi connectivity index (χ0n) is 11.0. The Bertz CT molecular complexity index is 453. The maximum absolute atomic E-state index is 11.1. The molecule has 0 radical (unpaired) electrons. The molecule has 2 heteroatoms. The Morgan fingerprint density at radius 1 is 1.39 bits per heavy atom. The van der Waals surface area contributed by atoms with Crippen molar-refractivity contribution in [2.75, 3.05) is 0 Å². The van der Waals surface area contributed by atoms with Gasteiger partial charge in [-0.05, 0) is 61.6 Å². The molecule has 96 valence electrons. The summed E-state index contributed by atoms with van der Waals surface area (Å²) < 4.78 is 0. The van der Waals surface area contributed by atoms with Crippen molar-refractivity contribution in [3.05, 3.63) is 41.7 Å². The number of aliphatic hydroxyl groups is 1. The van der Waals surface area contributed by atoms with E-state index in [1.165, 1.54) is 5.57 Å². The molecular formula is C16H21NO. The highest BCUT2D eigenvalue weighted by molar-refractivity contribution is 5.25. The minimum atomic E-state index is -0.631.